The van der Waals surface area contributed by atoms with Gasteiger partial charge in [-0.3, -0.25) is 4.79 Å². The standard InChI is InChI=1S/C10H17F3N2O4S/c1-20(18,19)15-4-2-3-7(6-15)9(17)14-5-8(16)10(11,12)13/h7-8,16H,2-6H2,1H3,(H,14,17). The van der Waals surface area contributed by atoms with Crippen molar-refractivity contribution < 1.29 is 31.5 Å². The number of carbonyl (C=O) groups is 1. The van der Waals surface area contributed by atoms with Crippen LogP contribution in [-0.2, 0) is 14.8 Å². The van der Waals surface area contributed by atoms with Crippen molar-refractivity contribution in [3.8, 4) is 0 Å². The van der Waals surface area contributed by atoms with Crippen LogP contribution in [0.3, 0.4) is 0 Å². The van der Waals surface area contributed by atoms with E-state index in [2.05, 4.69) is 0 Å². The van der Waals surface area contributed by atoms with Crippen molar-refractivity contribution >= 4 is 15.9 Å². The van der Waals surface area contributed by atoms with Gasteiger partial charge in [0.2, 0.25) is 15.9 Å². The number of sulfonamides is 1. The van der Waals surface area contributed by atoms with Crippen LogP contribution in [0.25, 0.3) is 0 Å². The molecule has 0 saturated carbocycles. The number of carbonyl (C=O) groups excluding carboxylic acids is 1. The maximum absolute atomic E-state index is 12.1. The molecule has 118 valence electrons. The average molecular weight is 318 g/mol. The molecule has 1 amide bonds. The molecule has 1 fully saturated rings. The highest BCUT2D eigenvalue weighted by atomic mass is 32.2. The summed E-state index contributed by atoms with van der Waals surface area (Å²) in [6.07, 6.45) is -5.53. The number of hydrogen-bond acceptors (Lipinski definition) is 4. The minimum absolute atomic E-state index is 0.0488. The number of hydrogen-bond donors (Lipinski definition) is 2. The van der Waals surface area contributed by atoms with Gasteiger partial charge in [0.15, 0.2) is 6.10 Å². The number of nitrogens with one attached hydrogen (secondary N) is 1. The molecule has 1 aliphatic rings. The summed E-state index contributed by atoms with van der Waals surface area (Å²) in [6.45, 7) is -0.682. The molecule has 0 aromatic heterocycles. The lowest BCUT2D eigenvalue weighted by molar-refractivity contribution is -0.202. The summed E-state index contributed by atoms with van der Waals surface area (Å²) >= 11 is 0. The van der Waals surface area contributed by atoms with Crippen LogP contribution in [0.2, 0.25) is 0 Å². The summed E-state index contributed by atoms with van der Waals surface area (Å²) in [5, 5.41) is 10.8. The van der Waals surface area contributed by atoms with E-state index < -0.39 is 40.7 Å². The fourth-order valence-corrected chi connectivity index (χ4v) is 2.83. The number of aliphatic hydroxyl groups is 1. The molecule has 1 heterocycles. The molecule has 1 aliphatic heterocycles. The molecular weight excluding hydrogens is 301 g/mol. The zero-order valence-corrected chi connectivity index (χ0v) is 11.7. The Hall–Kier alpha value is -0.870. The number of rotatable bonds is 4. The maximum Gasteiger partial charge on any atom is 0.416 e. The summed E-state index contributed by atoms with van der Waals surface area (Å²) in [7, 11) is -3.42. The summed E-state index contributed by atoms with van der Waals surface area (Å²) < 4.78 is 60.1. The highest BCUT2D eigenvalue weighted by Gasteiger charge is 2.39. The van der Waals surface area contributed by atoms with Crippen LogP contribution in [0.1, 0.15) is 12.8 Å². The van der Waals surface area contributed by atoms with Gasteiger partial charge in [0.1, 0.15) is 0 Å². The third-order valence-corrected chi connectivity index (χ3v) is 4.34. The number of nitrogens with zero attached hydrogens (tertiary/aromatic N) is 1. The molecule has 0 aromatic carbocycles. The third kappa shape index (κ3) is 4.91. The minimum Gasteiger partial charge on any atom is -0.382 e. The number of alkyl halides is 3. The van der Waals surface area contributed by atoms with Crippen LogP contribution in [0.5, 0.6) is 0 Å². The van der Waals surface area contributed by atoms with Crippen molar-refractivity contribution in [2.45, 2.75) is 25.1 Å². The van der Waals surface area contributed by atoms with Crippen LogP contribution in [0.4, 0.5) is 13.2 Å². The van der Waals surface area contributed by atoms with Crippen LogP contribution in [0.15, 0.2) is 0 Å². The highest BCUT2D eigenvalue weighted by Crippen LogP contribution is 2.21. The maximum atomic E-state index is 12.1. The topological polar surface area (TPSA) is 86.7 Å². The third-order valence-electron chi connectivity index (χ3n) is 3.07. The Balaban J connectivity index is 2.52. The lowest BCUT2D eigenvalue weighted by Crippen LogP contribution is -2.47. The minimum atomic E-state index is -4.79. The largest absolute Gasteiger partial charge is 0.416 e. The lowest BCUT2D eigenvalue weighted by atomic mass is 9.99. The quantitative estimate of drug-likeness (QED) is 0.745. The second-order valence-electron chi connectivity index (χ2n) is 4.76. The van der Waals surface area contributed by atoms with Crippen LogP contribution >= 0.6 is 0 Å². The van der Waals surface area contributed by atoms with Crippen LogP contribution in [0, 0.1) is 5.92 Å². The molecule has 1 rings (SSSR count). The van der Waals surface area contributed by atoms with Gasteiger partial charge >= 0.3 is 6.18 Å². The smallest absolute Gasteiger partial charge is 0.382 e. The van der Waals surface area contributed by atoms with E-state index in [0.29, 0.717) is 19.4 Å². The zero-order valence-electron chi connectivity index (χ0n) is 10.9. The van der Waals surface area contributed by atoms with E-state index in [4.69, 9.17) is 5.11 Å². The number of piperidine rings is 1. The van der Waals surface area contributed by atoms with Crippen molar-refractivity contribution in [1.29, 1.82) is 0 Å². The lowest BCUT2D eigenvalue weighted by Gasteiger charge is -2.30. The van der Waals surface area contributed by atoms with E-state index in [1.165, 1.54) is 0 Å². The van der Waals surface area contributed by atoms with E-state index in [-0.39, 0.29) is 6.54 Å². The molecule has 2 N–H and O–H groups in total. The Morgan fingerprint density at radius 1 is 1.50 bits per heavy atom. The van der Waals surface area contributed by atoms with E-state index in [1.54, 1.807) is 0 Å². The van der Waals surface area contributed by atoms with Crippen LogP contribution < -0.4 is 5.32 Å². The van der Waals surface area contributed by atoms with Crippen molar-refractivity contribution in [3.63, 3.8) is 0 Å². The van der Waals surface area contributed by atoms with Gasteiger partial charge < -0.3 is 10.4 Å². The predicted octanol–water partition coefficient (Wildman–Crippen LogP) is -0.303. The second-order valence-corrected chi connectivity index (χ2v) is 6.75. The SMILES string of the molecule is CS(=O)(=O)N1CCCC(C(=O)NCC(O)C(F)(F)F)C1. The molecule has 1 saturated heterocycles. The van der Waals surface area contributed by atoms with Crippen molar-refractivity contribution in [2.75, 3.05) is 25.9 Å². The predicted molar refractivity (Wildman–Crippen MR) is 64.2 cm³/mol. The Morgan fingerprint density at radius 2 is 2.10 bits per heavy atom. The molecule has 0 bridgehead atoms. The number of aliphatic hydroxyl groups excluding tert-OH is 1. The van der Waals surface area contributed by atoms with Gasteiger partial charge in [-0.2, -0.15) is 13.2 Å². The fraction of sp³-hybridized carbons (Fsp3) is 0.900. The highest BCUT2D eigenvalue weighted by molar-refractivity contribution is 7.88. The van der Waals surface area contributed by atoms with E-state index in [0.717, 1.165) is 10.6 Å². The molecule has 0 radical (unpaired) electrons. The molecule has 0 aromatic rings. The average Bonchev–Trinajstić information content (AvgIpc) is 2.33. The van der Waals surface area contributed by atoms with Crippen molar-refractivity contribution in [3.05, 3.63) is 0 Å². The van der Waals surface area contributed by atoms with Gasteiger partial charge in [0.05, 0.1) is 18.7 Å². The Kier molecular flexibility index (Phi) is 5.39. The van der Waals surface area contributed by atoms with Gasteiger partial charge in [0.25, 0.3) is 0 Å². The van der Waals surface area contributed by atoms with Gasteiger partial charge in [0, 0.05) is 13.1 Å². The Bertz CT molecular complexity index is 452. The molecule has 20 heavy (non-hydrogen) atoms. The first-order valence-corrected chi connectivity index (χ1v) is 7.84. The van der Waals surface area contributed by atoms with Crippen molar-refractivity contribution in [2.24, 2.45) is 5.92 Å². The first-order chi connectivity index (χ1) is 9.01. The first kappa shape index (κ1) is 17.2. The summed E-state index contributed by atoms with van der Waals surface area (Å²) in [5.74, 6) is -1.37. The molecule has 0 spiro atoms. The Labute approximate surface area is 115 Å². The summed E-state index contributed by atoms with van der Waals surface area (Å²) in [4.78, 5) is 11.7. The van der Waals surface area contributed by atoms with Crippen LogP contribution in [-0.4, -0.2) is 61.9 Å². The van der Waals surface area contributed by atoms with Gasteiger partial charge in [-0.05, 0) is 12.8 Å². The molecule has 10 heteroatoms. The Morgan fingerprint density at radius 3 is 2.60 bits per heavy atom. The normalized spacial score (nSPS) is 23.4. The number of halogens is 3. The fourth-order valence-electron chi connectivity index (χ4n) is 1.91. The molecule has 0 aliphatic carbocycles. The van der Waals surface area contributed by atoms with E-state index in [1.807, 2.05) is 5.32 Å². The summed E-state index contributed by atoms with van der Waals surface area (Å²) in [6, 6.07) is 0. The van der Waals surface area contributed by atoms with Gasteiger partial charge in [-0.1, -0.05) is 0 Å². The molecular formula is C10H17F3N2O4S. The molecule has 2 unspecified atom stereocenters. The van der Waals surface area contributed by atoms with Gasteiger partial charge in [-0.15, -0.1) is 0 Å². The van der Waals surface area contributed by atoms with E-state index in [9.17, 15) is 26.4 Å². The van der Waals surface area contributed by atoms with Gasteiger partial charge in [-0.25, -0.2) is 12.7 Å². The van der Waals surface area contributed by atoms with E-state index >= 15 is 0 Å². The second kappa shape index (κ2) is 6.27. The zero-order chi connectivity index (χ0) is 15.6. The number of amides is 1. The molecule has 2 atom stereocenters. The summed E-state index contributed by atoms with van der Waals surface area (Å²) in [5.41, 5.74) is 0. The monoisotopic (exact) mass is 318 g/mol. The van der Waals surface area contributed by atoms with Crippen molar-refractivity contribution in [1.82, 2.24) is 9.62 Å². The molecule has 6 nitrogen and oxygen atoms in total. The first-order valence-electron chi connectivity index (χ1n) is 5.99.